The van der Waals surface area contributed by atoms with Crippen molar-refractivity contribution in [2.45, 2.75) is 64.5 Å². The van der Waals surface area contributed by atoms with Crippen molar-refractivity contribution in [3.63, 3.8) is 0 Å². The summed E-state index contributed by atoms with van der Waals surface area (Å²) >= 11 is 0. The largest absolute Gasteiger partial charge is 0.374 e. The van der Waals surface area contributed by atoms with Crippen LogP contribution in [0.15, 0.2) is 36.5 Å². The number of rotatable bonds is 6. The third-order valence-corrected chi connectivity index (χ3v) is 4.86. The summed E-state index contributed by atoms with van der Waals surface area (Å²) in [6, 6.07) is 10.2. The molecule has 2 aromatic rings. The average Bonchev–Trinajstić information content (AvgIpc) is 2.63. The molecule has 1 unspecified atom stereocenters. The van der Waals surface area contributed by atoms with Gasteiger partial charge in [-0.25, -0.2) is 9.97 Å². The first kappa shape index (κ1) is 17.9. The van der Waals surface area contributed by atoms with Gasteiger partial charge in [0.15, 0.2) is 0 Å². The van der Waals surface area contributed by atoms with E-state index in [4.69, 9.17) is 4.98 Å². The van der Waals surface area contributed by atoms with Crippen LogP contribution in [0.3, 0.4) is 0 Å². The smallest absolute Gasteiger partial charge is 0.150 e. The molecule has 4 heteroatoms. The molecule has 1 aliphatic rings. The number of aliphatic hydroxyl groups is 1. The van der Waals surface area contributed by atoms with Crippen LogP contribution in [0, 0.1) is 5.92 Å². The highest BCUT2D eigenvalue weighted by atomic mass is 16.3. The normalized spacial score (nSPS) is 16.8. The first-order chi connectivity index (χ1) is 12.1. The van der Waals surface area contributed by atoms with E-state index in [1.54, 1.807) is 0 Å². The Kier molecular flexibility index (Phi) is 6.03. The molecule has 0 radical (unpaired) electrons. The fraction of sp³-hybridized carbons (Fsp3) is 0.524. The van der Waals surface area contributed by atoms with Crippen molar-refractivity contribution >= 4 is 5.82 Å². The molecule has 2 N–H and O–H groups in total. The zero-order valence-electron chi connectivity index (χ0n) is 15.3. The van der Waals surface area contributed by atoms with Gasteiger partial charge in [0.05, 0.1) is 17.6 Å². The van der Waals surface area contributed by atoms with Gasteiger partial charge in [-0.2, -0.15) is 0 Å². The molecule has 1 aromatic heterocycles. The third-order valence-electron chi connectivity index (χ3n) is 4.86. The molecule has 0 amide bonds. The highest BCUT2D eigenvalue weighted by Gasteiger charge is 2.23. The number of hydrogen-bond donors (Lipinski definition) is 2. The molecule has 25 heavy (non-hydrogen) atoms. The number of hydrogen-bond acceptors (Lipinski definition) is 4. The second-order valence-electron chi connectivity index (χ2n) is 7.48. The summed E-state index contributed by atoms with van der Waals surface area (Å²) in [5.41, 5.74) is 3.01. The summed E-state index contributed by atoms with van der Waals surface area (Å²) in [5.74, 6) is 1.61. The summed E-state index contributed by atoms with van der Waals surface area (Å²) in [4.78, 5) is 9.61. The van der Waals surface area contributed by atoms with E-state index in [-0.39, 0.29) is 0 Å². The van der Waals surface area contributed by atoms with Gasteiger partial charge in [0.25, 0.3) is 0 Å². The van der Waals surface area contributed by atoms with Crippen molar-refractivity contribution in [3.8, 4) is 11.3 Å². The number of aliphatic hydroxyl groups excluding tert-OH is 1. The van der Waals surface area contributed by atoms with Gasteiger partial charge >= 0.3 is 0 Å². The summed E-state index contributed by atoms with van der Waals surface area (Å²) in [6.07, 6.45) is 8.04. The van der Waals surface area contributed by atoms with Crippen LogP contribution in [-0.2, 0) is 0 Å². The fourth-order valence-corrected chi connectivity index (χ4v) is 3.59. The van der Waals surface area contributed by atoms with Gasteiger partial charge in [-0.15, -0.1) is 0 Å². The predicted molar refractivity (Wildman–Crippen MR) is 102 cm³/mol. The van der Waals surface area contributed by atoms with Crippen LogP contribution in [0.1, 0.15) is 64.0 Å². The molecule has 1 atom stereocenters. The van der Waals surface area contributed by atoms with Gasteiger partial charge < -0.3 is 10.4 Å². The Morgan fingerprint density at radius 2 is 1.84 bits per heavy atom. The van der Waals surface area contributed by atoms with E-state index in [9.17, 15) is 5.11 Å². The van der Waals surface area contributed by atoms with E-state index >= 15 is 0 Å². The number of nitrogens with zero attached hydrogens (tertiary/aromatic N) is 2. The van der Waals surface area contributed by atoms with Gasteiger partial charge in [0.2, 0.25) is 0 Å². The maximum atomic E-state index is 10.3. The molecule has 1 fully saturated rings. The first-order valence-corrected chi connectivity index (χ1v) is 9.50. The van der Waals surface area contributed by atoms with E-state index in [0.717, 1.165) is 35.6 Å². The van der Waals surface area contributed by atoms with Crippen LogP contribution in [0.5, 0.6) is 0 Å². The zero-order chi connectivity index (χ0) is 17.6. The van der Waals surface area contributed by atoms with Crippen molar-refractivity contribution in [1.29, 1.82) is 0 Å². The molecule has 1 heterocycles. The van der Waals surface area contributed by atoms with Crippen LogP contribution in [-0.4, -0.2) is 21.3 Å². The second-order valence-corrected chi connectivity index (χ2v) is 7.48. The maximum Gasteiger partial charge on any atom is 0.150 e. The summed E-state index contributed by atoms with van der Waals surface area (Å²) in [5, 5.41) is 13.5. The van der Waals surface area contributed by atoms with Crippen molar-refractivity contribution < 1.29 is 5.11 Å². The Labute approximate surface area is 150 Å². The van der Waals surface area contributed by atoms with Crippen molar-refractivity contribution in [2.75, 3.05) is 5.32 Å². The Balaban J connectivity index is 1.90. The van der Waals surface area contributed by atoms with E-state index in [1.165, 1.54) is 19.3 Å². The molecule has 0 aliphatic heterocycles. The van der Waals surface area contributed by atoms with Gasteiger partial charge in [0.1, 0.15) is 12.0 Å². The van der Waals surface area contributed by atoms with Crippen LogP contribution in [0.25, 0.3) is 11.3 Å². The first-order valence-electron chi connectivity index (χ1n) is 9.50. The minimum Gasteiger partial charge on any atom is -0.374 e. The van der Waals surface area contributed by atoms with Crippen molar-refractivity contribution in [2.24, 2.45) is 5.92 Å². The number of aromatic nitrogens is 2. The lowest BCUT2D eigenvalue weighted by Gasteiger charge is -2.25. The van der Waals surface area contributed by atoms with Gasteiger partial charge in [-0.1, -0.05) is 63.4 Å². The maximum absolute atomic E-state index is 10.3. The molecule has 1 aromatic carbocycles. The third kappa shape index (κ3) is 4.79. The number of anilines is 1. The quantitative estimate of drug-likeness (QED) is 0.730. The molecular weight excluding hydrogens is 310 g/mol. The Morgan fingerprint density at radius 1 is 1.12 bits per heavy atom. The van der Waals surface area contributed by atoms with Crippen molar-refractivity contribution in [1.82, 2.24) is 9.97 Å². The number of benzene rings is 1. The van der Waals surface area contributed by atoms with E-state index < -0.39 is 6.23 Å². The second kappa shape index (κ2) is 8.43. The van der Waals surface area contributed by atoms with Crippen LogP contribution >= 0.6 is 0 Å². The molecule has 0 saturated heterocycles. The number of nitrogens with one attached hydrogen (secondary N) is 1. The van der Waals surface area contributed by atoms with Gasteiger partial charge in [0, 0.05) is 11.5 Å². The van der Waals surface area contributed by atoms with Gasteiger partial charge in [-0.05, 0) is 25.2 Å². The fourth-order valence-electron chi connectivity index (χ4n) is 3.59. The topological polar surface area (TPSA) is 58.0 Å². The summed E-state index contributed by atoms with van der Waals surface area (Å²) in [7, 11) is 0. The lowest BCUT2D eigenvalue weighted by molar-refractivity contribution is 0.175. The standard InChI is InChI=1S/C21H29N3O/c1-15(2)13-19(25)24-21-20(17-11-7-4-8-12-17)23-18(14-22-21)16-9-5-3-6-10-16/h3,5-6,9-10,14-15,17,19,25H,4,7-8,11-13H2,1-2H3,(H,22,24). The minimum absolute atomic E-state index is 0.428. The van der Waals surface area contributed by atoms with E-state index in [1.807, 2.05) is 24.4 Å². The summed E-state index contributed by atoms with van der Waals surface area (Å²) < 4.78 is 0. The van der Waals surface area contributed by atoms with Crippen molar-refractivity contribution in [3.05, 3.63) is 42.2 Å². The molecule has 1 saturated carbocycles. The molecule has 4 nitrogen and oxygen atoms in total. The minimum atomic E-state index is -0.584. The zero-order valence-corrected chi connectivity index (χ0v) is 15.3. The van der Waals surface area contributed by atoms with Gasteiger partial charge in [-0.3, -0.25) is 0 Å². The monoisotopic (exact) mass is 339 g/mol. The lowest BCUT2D eigenvalue weighted by Crippen LogP contribution is -2.23. The van der Waals surface area contributed by atoms with Crippen LogP contribution < -0.4 is 5.32 Å². The van der Waals surface area contributed by atoms with E-state index in [0.29, 0.717) is 18.3 Å². The predicted octanol–water partition coefficient (Wildman–Crippen LogP) is 4.97. The van der Waals surface area contributed by atoms with Crippen LogP contribution in [0.4, 0.5) is 5.82 Å². The molecule has 3 rings (SSSR count). The Bertz CT molecular complexity index is 666. The Morgan fingerprint density at radius 3 is 2.52 bits per heavy atom. The SMILES string of the molecule is CC(C)CC(O)Nc1ncc(-c2ccccc2)nc1C1CCCCC1. The molecular formula is C21H29N3O. The highest BCUT2D eigenvalue weighted by molar-refractivity contribution is 5.60. The lowest BCUT2D eigenvalue weighted by atomic mass is 9.86. The Hall–Kier alpha value is -1.94. The van der Waals surface area contributed by atoms with E-state index in [2.05, 4.69) is 36.3 Å². The molecule has 0 bridgehead atoms. The molecule has 134 valence electrons. The molecule has 1 aliphatic carbocycles. The van der Waals surface area contributed by atoms with Crippen LogP contribution in [0.2, 0.25) is 0 Å². The highest BCUT2D eigenvalue weighted by Crippen LogP contribution is 2.35. The summed E-state index contributed by atoms with van der Waals surface area (Å²) in [6.45, 7) is 4.22. The molecule has 0 spiro atoms. The average molecular weight is 339 g/mol.